The number of sulfone groups is 1. The molecule has 0 spiro atoms. The lowest BCUT2D eigenvalue weighted by Gasteiger charge is -2.37. The second-order valence-electron chi connectivity index (χ2n) is 6.91. The van der Waals surface area contributed by atoms with Gasteiger partial charge in [0.1, 0.15) is 0 Å². The highest BCUT2D eigenvalue weighted by Gasteiger charge is 2.37. The number of aliphatic hydroxyl groups is 1. The fourth-order valence-corrected chi connectivity index (χ4v) is 4.93. The molecule has 6 heteroatoms. The van der Waals surface area contributed by atoms with Gasteiger partial charge in [0.2, 0.25) is 0 Å². The molecule has 0 radical (unpaired) electrons. The molecule has 2 aliphatic rings. The third-order valence-corrected chi connectivity index (χ3v) is 6.45. The summed E-state index contributed by atoms with van der Waals surface area (Å²) in [6.07, 6.45) is 3.95. The number of aliphatic hydroxyl groups excluding tert-OH is 1. The monoisotopic (exact) mass is 304 g/mol. The smallest absolute Gasteiger partial charge is 0.151 e. The minimum absolute atomic E-state index is 0.116. The van der Waals surface area contributed by atoms with Gasteiger partial charge >= 0.3 is 0 Å². The zero-order chi connectivity index (χ0) is 15.0. The fourth-order valence-electron chi connectivity index (χ4n) is 3.14. The van der Waals surface area contributed by atoms with Crippen molar-refractivity contribution in [3.63, 3.8) is 0 Å². The van der Waals surface area contributed by atoms with E-state index in [0.29, 0.717) is 11.8 Å². The molecular weight excluding hydrogens is 276 g/mol. The Labute approximate surface area is 122 Å². The molecule has 3 unspecified atom stereocenters. The summed E-state index contributed by atoms with van der Waals surface area (Å²) in [5.41, 5.74) is -0.272. The zero-order valence-electron chi connectivity index (χ0n) is 12.8. The molecule has 5 nitrogen and oxygen atoms in total. The molecule has 1 saturated carbocycles. The minimum atomic E-state index is -2.84. The van der Waals surface area contributed by atoms with Crippen molar-refractivity contribution in [1.29, 1.82) is 0 Å². The zero-order valence-corrected chi connectivity index (χ0v) is 13.6. The van der Waals surface area contributed by atoms with Gasteiger partial charge in [-0.2, -0.15) is 0 Å². The van der Waals surface area contributed by atoms with Crippen LogP contribution in [-0.2, 0) is 9.84 Å². The highest BCUT2D eigenvalue weighted by Crippen LogP contribution is 2.27. The maximum absolute atomic E-state index is 11.6. The lowest BCUT2D eigenvalue weighted by Crippen LogP contribution is -2.52. The largest absolute Gasteiger partial charge is 0.394 e. The van der Waals surface area contributed by atoms with E-state index in [9.17, 15) is 13.5 Å². The van der Waals surface area contributed by atoms with E-state index in [2.05, 4.69) is 24.1 Å². The number of hydrogen-bond donors (Lipinski definition) is 2. The molecule has 20 heavy (non-hydrogen) atoms. The predicted octanol–water partition coefficient (Wildman–Crippen LogP) is 0.387. The molecular formula is C14H28N2O3S. The van der Waals surface area contributed by atoms with E-state index in [1.807, 2.05) is 7.05 Å². The first kappa shape index (κ1) is 16.2. The van der Waals surface area contributed by atoms with Crippen LogP contribution in [0.5, 0.6) is 0 Å². The van der Waals surface area contributed by atoms with Gasteiger partial charge < -0.3 is 10.4 Å². The Morgan fingerprint density at radius 3 is 2.50 bits per heavy atom. The topological polar surface area (TPSA) is 69.6 Å². The highest BCUT2D eigenvalue weighted by molar-refractivity contribution is 7.91. The SMILES string of the molecule is CC(CC(C)(CO)NC1CC1)N(C)C1CCS(=O)(=O)C1. The van der Waals surface area contributed by atoms with E-state index < -0.39 is 9.84 Å². The number of nitrogens with zero attached hydrogens (tertiary/aromatic N) is 1. The Bertz CT molecular complexity index is 436. The Morgan fingerprint density at radius 2 is 2.05 bits per heavy atom. The first-order valence-corrected chi connectivity index (χ1v) is 9.38. The molecule has 0 aromatic carbocycles. The van der Waals surface area contributed by atoms with Gasteiger partial charge in [-0.3, -0.25) is 4.90 Å². The molecule has 1 saturated heterocycles. The maximum Gasteiger partial charge on any atom is 0.151 e. The van der Waals surface area contributed by atoms with Crippen LogP contribution in [-0.4, -0.2) is 67.2 Å². The van der Waals surface area contributed by atoms with E-state index in [4.69, 9.17) is 0 Å². The van der Waals surface area contributed by atoms with Crippen LogP contribution < -0.4 is 5.32 Å². The van der Waals surface area contributed by atoms with Crippen molar-refractivity contribution in [1.82, 2.24) is 10.2 Å². The summed E-state index contributed by atoms with van der Waals surface area (Å²) in [6.45, 7) is 4.29. The van der Waals surface area contributed by atoms with Crippen LogP contribution in [0.25, 0.3) is 0 Å². The quantitative estimate of drug-likeness (QED) is 0.712. The molecule has 1 aliphatic heterocycles. The van der Waals surface area contributed by atoms with E-state index in [1.54, 1.807) is 0 Å². The van der Waals surface area contributed by atoms with Crippen molar-refractivity contribution >= 4 is 9.84 Å². The molecule has 3 atom stereocenters. The van der Waals surface area contributed by atoms with Crippen molar-refractivity contribution in [2.45, 2.75) is 63.2 Å². The number of nitrogens with one attached hydrogen (secondary N) is 1. The molecule has 118 valence electrons. The van der Waals surface area contributed by atoms with Gasteiger partial charge in [-0.15, -0.1) is 0 Å². The van der Waals surface area contributed by atoms with Gasteiger partial charge in [0, 0.05) is 23.7 Å². The van der Waals surface area contributed by atoms with Crippen LogP contribution in [0.15, 0.2) is 0 Å². The summed E-state index contributed by atoms with van der Waals surface area (Å²) >= 11 is 0. The van der Waals surface area contributed by atoms with E-state index in [1.165, 1.54) is 12.8 Å². The number of rotatable bonds is 7. The first-order chi connectivity index (χ1) is 9.25. The van der Waals surface area contributed by atoms with Crippen LogP contribution in [0.4, 0.5) is 0 Å². The molecule has 1 aliphatic carbocycles. The van der Waals surface area contributed by atoms with Crippen molar-refractivity contribution in [2.24, 2.45) is 0 Å². The highest BCUT2D eigenvalue weighted by atomic mass is 32.2. The normalized spacial score (nSPS) is 30.4. The van der Waals surface area contributed by atoms with Crippen molar-refractivity contribution in [3.8, 4) is 0 Å². The maximum atomic E-state index is 11.6. The van der Waals surface area contributed by atoms with E-state index in [0.717, 1.165) is 12.8 Å². The van der Waals surface area contributed by atoms with E-state index >= 15 is 0 Å². The lowest BCUT2D eigenvalue weighted by molar-refractivity contribution is 0.110. The summed E-state index contributed by atoms with van der Waals surface area (Å²) in [5.74, 6) is 0.589. The lowest BCUT2D eigenvalue weighted by atomic mass is 9.93. The van der Waals surface area contributed by atoms with Gasteiger partial charge in [-0.1, -0.05) is 0 Å². The van der Waals surface area contributed by atoms with Gasteiger partial charge in [0.25, 0.3) is 0 Å². The van der Waals surface area contributed by atoms with Crippen LogP contribution in [0, 0.1) is 0 Å². The Morgan fingerprint density at radius 1 is 1.40 bits per heavy atom. The van der Waals surface area contributed by atoms with Gasteiger partial charge in [0.05, 0.1) is 18.1 Å². The van der Waals surface area contributed by atoms with Gasteiger partial charge in [0.15, 0.2) is 9.84 Å². The van der Waals surface area contributed by atoms with Gasteiger partial charge in [-0.25, -0.2) is 8.42 Å². The summed E-state index contributed by atoms with van der Waals surface area (Å²) in [5, 5.41) is 13.2. The first-order valence-electron chi connectivity index (χ1n) is 7.55. The average molecular weight is 304 g/mol. The standard InChI is InChI=1S/C14H28N2O3S/c1-11(8-14(2,10-17)15-12-4-5-12)16(3)13-6-7-20(18,19)9-13/h11-13,15,17H,4-10H2,1-3H3. The molecule has 0 amide bonds. The summed E-state index contributed by atoms with van der Waals surface area (Å²) in [4.78, 5) is 2.17. The Hall–Kier alpha value is -0.170. The van der Waals surface area contributed by atoms with Crippen LogP contribution >= 0.6 is 0 Å². The van der Waals surface area contributed by atoms with Crippen molar-refractivity contribution < 1.29 is 13.5 Å². The second-order valence-corrected chi connectivity index (χ2v) is 9.14. The molecule has 0 aromatic heterocycles. The Balaban J connectivity index is 1.90. The molecule has 0 bridgehead atoms. The molecule has 2 fully saturated rings. The third kappa shape index (κ3) is 4.16. The van der Waals surface area contributed by atoms with Crippen LogP contribution in [0.1, 0.15) is 39.5 Å². The molecule has 1 heterocycles. The molecule has 2 N–H and O–H groups in total. The predicted molar refractivity (Wildman–Crippen MR) is 80.5 cm³/mol. The minimum Gasteiger partial charge on any atom is -0.394 e. The van der Waals surface area contributed by atoms with Crippen LogP contribution in [0.2, 0.25) is 0 Å². The number of hydrogen-bond acceptors (Lipinski definition) is 5. The summed E-state index contributed by atoms with van der Waals surface area (Å²) in [7, 11) is -0.834. The third-order valence-electron chi connectivity index (χ3n) is 4.70. The van der Waals surface area contributed by atoms with Crippen molar-refractivity contribution in [2.75, 3.05) is 25.2 Å². The molecule has 2 rings (SSSR count). The van der Waals surface area contributed by atoms with E-state index in [-0.39, 0.29) is 30.0 Å². The Kier molecular flexibility index (Phi) is 4.79. The van der Waals surface area contributed by atoms with Crippen molar-refractivity contribution in [3.05, 3.63) is 0 Å². The second kappa shape index (κ2) is 5.91. The average Bonchev–Trinajstić information content (AvgIpc) is 3.09. The summed E-state index contributed by atoms with van der Waals surface area (Å²) in [6, 6.07) is 0.923. The van der Waals surface area contributed by atoms with Crippen LogP contribution in [0.3, 0.4) is 0 Å². The van der Waals surface area contributed by atoms with Gasteiger partial charge in [-0.05, 0) is 46.6 Å². The summed E-state index contributed by atoms with van der Waals surface area (Å²) < 4.78 is 23.2. The molecule has 0 aromatic rings. The fraction of sp³-hybridized carbons (Fsp3) is 1.00.